The van der Waals surface area contributed by atoms with Crippen molar-refractivity contribution in [3.8, 4) is 11.4 Å². The predicted octanol–water partition coefficient (Wildman–Crippen LogP) is 3.59. The highest BCUT2D eigenvalue weighted by atomic mass is 127. The van der Waals surface area contributed by atoms with Crippen LogP contribution < -0.4 is 5.56 Å². The molecule has 0 unspecified atom stereocenters. The Morgan fingerprint density at radius 1 is 1.31 bits per heavy atom. The van der Waals surface area contributed by atoms with Crippen LogP contribution in [0.1, 0.15) is 36.1 Å². The lowest BCUT2D eigenvalue weighted by Crippen LogP contribution is -2.43. The van der Waals surface area contributed by atoms with E-state index in [1.54, 1.807) is 51.4 Å². The molecule has 0 saturated heterocycles. The van der Waals surface area contributed by atoms with Crippen molar-refractivity contribution in [2.24, 2.45) is 5.18 Å². The molecule has 1 atom stereocenters. The van der Waals surface area contributed by atoms with Gasteiger partial charge in [-0.05, 0) is 64.0 Å². The zero-order chi connectivity index (χ0) is 22.8. The zero-order valence-electron chi connectivity index (χ0n) is 17.1. The van der Waals surface area contributed by atoms with Gasteiger partial charge in [0.05, 0.1) is 29.0 Å². The number of esters is 2. The van der Waals surface area contributed by atoms with Crippen LogP contribution in [0.15, 0.2) is 34.2 Å². The minimum Gasteiger partial charge on any atom is -0.457 e. The van der Waals surface area contributed by atoms with Crippen LogP contribution in [0.4, 0.5) is 5.69 Å². The number of nitroso groups, excluding NO2 is 1. The van der Waals surface area contributed by atoms with Crippen LogP contribution in [-0.4, -0.2) is 21.5 Å². The van der Waals surface area contributed by atoms with E-state index in [1.165, 1.54) is 6.92 Å². The first-order valence-corrected chi connectivity index (χ1v) is 11.0. The summed E-state index contributed by atoms with van der Waals surface area (Å²) in [5.74, 6) is -1.40. The number of nitrogens with zero attached hydrogens (tertiary/aromatic N) is 3. The summed E-state index contributed by atoms with van der Waals surface area (Å²) in [5.41, 5.74) is 4.25. The molecule has 2 aliphatic heterocycles. The van der Waals surface area contributed by atoms with E-state index in [2.05, 4.69) is 5.18 Å². The van der Waals surface area contributed by atoms with Crippen LogP contribution in [0.25, 0.3) is 22.3 Å². The summed E-state index contributed by atoms with van der Waals surface area (Å²) in [7, 11) is 0. The van der Waals surface area contributed by atoms with Crippen LogP contribution in [0.2, 0.25) is 0 Å². The van der Waals surface area contributed by atoms with E-state index < -0.39 is 15.5 Å². The van der Waals surface area contributed by atoms with Gasteiger partial charge in [-0.3, -0.25) is 9.59 Å². The van der Waals surface area contributed by atoms with Gasteiger partial charge in [0.25, 0.3) is 9.17 Å². The third-order valence-electron chi connectivity index (χ3n) is 5.85. The van der Waals surface area contributed by atoms with Crippen molar-refractivity contribution in [1.29, 1.82) is 0 Å². The summed E-state index contributed by atoms with van der Waals surface area (Å²) in [6.07, 6.45) is 0.664. The van der Waals surface area contributed by atoms with Crippen molar-refractivity contribution in [3.05, 3.63) is 61.8 Å². The van der Waals surface area contributed by atoms with Crippen molar-refractivity contribution in [2.45, 2.75) is 37.0 Å². The monoisotopic (exact) mass is 545 g/mol. The molecule has 2 aliphatic rings. The SMILES string of the molecule is CCc1c2c(nc3ccc(N=O)cc13)-c1cc3c(c(=O)n1C2)COC(=O)[C@@]3(I)OC(C)=O. The normalized spacial score (nSPS) is 18.5. The van der Waals surface area contributed by atoms with Crippen molar-refractivity contribution in [3.63, 3.8) is 0 Å². The first-order chi connectivity index (χ1) is 15.3. The lowest BCUT2D eigenvalue weighted by atomic mass is 9.97. The molecule has 1 aromatic carbocycles. The maximum absolute atomic E-state index is 13.4. The number of aryl methyl sites for hydroxylation is 1. The Hall–Kier alpha value is -3.15. The molecule has 0 radical (unpaired) electrons. The molecule has 0 N–H and O–H groups in total. The van der Waals surface area contributed by atoms with Gasteiger partial charge in [-0.25, -0.2) is 9.78 Å². The molecule has 162 valence electrons. The molecule has 0 spiro atoms. The summed E-state index contributed by atoms with van der Waals surface area (Å²) in [6, 6.07) is 6.71. The lowest BCUT2D eigenvalue weighted by Gasteiger charge is -2.31. The fraction of sp³-hybridized carbons (Fsp3) is 0.273. The van der Waals surface area contributed by atoms with Gasteiger partial charge in [0.1, 0.15) is 12.3 Å². The molecule has 5 rings (SSSR count). The van der Waals surface area contributed by atoms with Crippen molar-refractivity contribution >= 4 is 51.1 Å². The number of cyclic esters (lactones) is 1. The molecule has 3 aromatic rings. The van der Waals surface area contributed by atoms with Crippen LogP contribution in [0.3, 0.4) is 0 Å². The Morgan fingerprint density at radius 2 is 2.09 bits per heavy atom. The number of hydrogen-bond donors (Lipinski definition) is 0. The van der Waals surface area contributed by atoms with Gasteiger partial charge in [0.15, 0.2) is 0 Å². The largest absolute Gasteiger partial charge is 0.457 e. The van der Waals surface area contributed by atoms with Gasteiger partial charge >= 0.3 is 11.9 Å². The van der Waals surface area contributed by atoms with Crippen molar-refractivity contribution in [1.82, 2.24) is 9.55 Å². The highest BCUT2D eigenvalue weighted by molar-refractivity contribution is 14.1. The molecule has 10 heteroatoms. The number of alkyl halides is 1. The van der Waals surface area contributed by atoms with Crippen LogP contribution in [0, 0.1) is 4.91 Å². The minimum atomic E-state index is -1.75. The van der Waals surface area contributed by atoms with E-state index >= 15 is 0 Å². The third kappa shape index (κ3) is 2.81. The number of rotatable bonds is 3. The first-order valence-electron chi connectivity index (χ1n) is 9.90. The quantitative estimate of drug-likeness (QED) is 0.167. The third-order valence-corrected chi connectivity index (χ3v) is 7.09. The maximum Gasteiger partial charge on any atom is 0.366 e. The number of pyridine rings is 2. The molecule has 4 heterocycles. The van der Waals surface area contributed by atoms with Gasteiger partial charge < -0.3 is 14.0 Å². The Balaban J connectivity index is 1.80. The molecule has 0 fully saturated rings. The van der Waals surface area contributed by atoms with Gasteiger partial charge in [0, 0.05) is 23.4 Å². The van der Waals surface area contributed by atoms with E-state index in [0.717, 1.165) is 16.5 Å². The molecule has 2 aromatic heterocycles. The Labute approximate surface area is 194 Å². The second-order valence-electron chi connectivity index (χ2n) is 7.64. The number of fused-ring (bicyclic) bond motifs is 5. The number of aromatic nitrogens is 2. The minimum absolute atomic E-state index is 0.194. The van der Waals surface area contributed by atoms with Crippen LogP contribution >= 0.6 is 22.6 Å². The number of carbonyl (C=O) groups is 2. The first kappa shape index (κ1) is 20.7. The molecule has 0 aliphatic carbocycles. The van der Waals surface area contributed by atoms with Gasteiger partial charge in [0.2, 0.25) is 0 Å². The van der Waals surface area contributed by atoms with E-state index in [4.69, 9.17) is 14.5 Å². The molecule has 0 bridgehead atoms. The van der Waals surface area contributed by atoms with E-state index in [0.29, 0.717) is 41.1 Å². The van der Waals surface area contributed by atoms with Gasteiger partial charge in [-0.15, -0.1) is 4.91 Å². The average molecular weight is 545 g/mol. The predicted molar refractivity (Wildman–Crippen MR) is 123 cm³/mol. The van der Waals surface area contributed by atoms with Gasteiger partial charge in [-0.1, -0.05) is 6.92 Å². The molecule has 0 saturated carbocycles. The fourth-order valence-electron chi connectivity index (χ4n) is 4.46. The summed E-state index contributed by atoms with van der Waals surface area (Å²) < 4.78 is 10.4. The summed E-state index contributed by atoms with van der Waals surface area (Å²) in [6.45, 7) is 3.30. The second-order valence-corrected chi connectivity index (χ2v) is 9.16. The number of halogens is 1. The Bertz CT molecular complexity index is 1430. The lowest BCUT2D eigenvalue weighted by molar-refractivity contribution is -0.172. The highest BCUT2D eigenvalue weighted by Gasteiger charge is 2.49. The molecular weight excluding hydrogens is 529 g/mol. The molecule has 0 amide bonds. The van der Waals surface area contributed by atoms with E-state index in [-0.39, 0.29) is 17.7 Å². The van der Waals surface area contributed by atoms with E-state index in [1.807, 2.05) is 6.92 Å². The smallest absolute Gasteiger partial charge is 0.366 e. The number of benzene rings is 1. The highest BCUT2D eigenvalue weighted by Crippen LogP contribution is 2.44. The second kappa shape index (κ2) is 7.19. The Kier molecular flexibility index (Phi) is 4.66. The standard InChI is InChI=1S/C22H16IN3O6/c1-3-12-13-6-11(25-30)4-5-17(13)24-19-14(12)8-26-18(19)7-16-15(20(26)28)9-31-21(29)22(16,23)32-10(2)27/h4-7H,3,8-9H2,1-2H3/t22-/m0/s1. The number of carbonyl (C=O) groups excluding carboxylic acids is 2. The molecular formula is C22H16IN3O6. The number of hydrogen-bond acceptors (Lipinski definition) is 8. The van der Waals surface area contributed by atoms with Crippen molar-refractivity contribution in [2.75, 3.05) is 0 Å². The maximum atomic E-state index is 13.4. The van der Waals surface area contributed by atoms with Crippen LogP contribution in [0.5, 0.6) is 0 Å². The van der Waals surface area contributed by atoms with Crippen LogP contribution in [-0.2, 0) is 42.2 Å². The zero-order valence-corrected chi connectivity index (χ0v) is 19.3. The topological polar surface area (TPSA) is 117 Å². The average Bonchev–Trinajstić information content (AvgIpc) is 3.13. The summed E-state index contributed by atoms with van der Waals surface area (Å²) >= 11 is 1.71. The number of ether oxygens (including phenoxy) is 2. The molecule has 32 heavy (non-hydrogen) atoms. The van der Waals surface area contributed by atoms with Gasteiger partial charge in [-0.2, -0.15) is 0 Å². The summed E-state index contributed by atoms with van der Waals surface area (Å²) in [4.78, 5) is 53.4. The van der Waals surface area contributed by atoms with Crippen molar-refractivity contribution < 1.29 is 19.1 Å². The van der Waals surface area contributed by atoms with E-state index in [9.17, 15) is 19.3 Å². The Morgan fingerprint density at radius 3 is 2.78 bits per heavy atom. The molecule has 9 nitrogen and oxygen atoms in total. The fourth-order valence-corrected chi connectivity index (χ4v) is 5.41. The summed E-state index contributed by atoms with van der Waals surface area (Å²) in [5, 5.41) is 3.84.